The smallest absolute Gasteiger partial charge is 0.326 e. The highest BCUT2D eigenvalue weighted by atomic mass is 16.5. The predicted octanol–water partition coefficient (Wildman–Crippen LogP) is 1.65. The van der Waals surface area contributed by atoms with Gasteiger partial charge in [-0.3, -0.25) is 4.79 Å². The van der Waals surface area contributed by atoms with Crippen LogP contribution in [-0.2, 0) is 9.53 Å². The van der Waals surface area contributed by atoms with Crippen LogP contribution in [0.3, 0.4) is 0 Å². The first kappa shape index (κ1) is 15.4. The molecule has 0 radical (unpaired) electrons. The Bertz CT molecular complexity index is 259. The number of methoxy groups -OCH3 is 1. The van der Waals surface area contributed by atoms with Gasteiger partial charge in [0.25, 0.3) is 0 Å². The summed E-state index contributed by atoms with van der Waals surface area (Å²) in [6, 6.07) is 0. The third-order valence-corrected chi connectivity index (χ3v) is 3.62. The fraction of sp³-hybridized carbons (Fsp3) is 0.929. The lowest BCUT2D eigenvalue weighted by Crippen LogP contribution is -2.59. The van der Waals surface area contributed by atoms with Crippen LogP contribution in [0.1, 0.15) is 40.0 Å². The summed E-state index contributed by atoms with van der Waals surface area (Å²) in [6.45, 7) is 10.5. The molecule has 106 valence electrons. The van der Waals surface area contributed by atoms with E-state index in [1.54, 1.807) is 0 Å². The number of ether oxygens (including phenoxy) is 1. The molecule has 0 spiro atoms. The first-order valence-electron chi connectivity index (χ1n) is 7.10. The number of likely N-dealkylation sites (tertiary alicyclic amines) is 1. The van der Waals surface area contributed by atoms with Crippen LogP contribution in [0.5, 0.6) is 0 Å². The summed E-state index contributed by atoms with van der Waals surface area (Å²) in [5.74, 6) is 0.583. The second-order valence-corrected chi connectivity index (χ2v) is 5.69. The molecule has 0 atom stereocenters. The highest BCUT2D eigenvalue weighted by Crippen LogP contribution is 2.24. The lowest BCUT2D eigenvalue weighted by atomic mass is 9.87. The van der Waals surface area contributed by atoms with Crippen LogP contribution in [0.2, 0.25) is 0 Å². The van der Waals surface area contributed by atoms with Crippen LogP contribution in [0.4, 0.5) is 0 Å². The summed E-state index contributed by atoms with van der Waals surface area (Å²) >= 11 is 0. The first-order chi connectivity index (χ1) is 8.54. The Morgan fingerprint density at radius 3 is 2.44 bits per heavy atom. The number of hydrogen-bond acceptors (Lipinski definition) is 4. The number of nitrogens with zero attached hydrogens (tertiary/aromatic N) is 1. The minimum Gasteiger partial charge on any atom is -0.468 e. The van der Waals surface area contributed by atoms with E-state index in [4.69, 9.17) is 4.74 Å². The van der Waals surface area contributed by atoms with Gasteiger partial charge >= 0.3 is 5.97 Å². The SMILES string of the molecule is CCCNC1(C(=O)OC)CCN(CC(C)C)CC1. The van der Waals surface area contributed by atoms with Crippen LogP contribution in [-0.4, -0.2) is 49.7 Å². The fourth-order valence-corrected chi connectivity index (χ4v) is 2.65. The van der Waals surface area contributed by atoms with Crippen molar-refractivity contribution in [1.82, 2.24) is 10.2 Å². The van der Waals surface area contributed by atoms with Gasteiger partial charge in [-0.15, -0.1) is 0 Å². The van der Waals surface area contributed by atoms with Crippen molar-refractivity contribution in [2.75, 3.05) is 33.3 Å². The van der Waals surface area contributed by atoms with Gasteiger partial charge in [0, 0.05) is 19.6 Å². The van der Waals surface area contributed by atoms with Crippen molar-refractivity contribution in [3.8, 4) is 0 Å². The molecule has 1 heterocycles. The molecule has 0 bridgehead atoms. The Kier molecular flexibility index (Phi) is 6.09. The van der Waals surface area contributed by atoms with Crippen molar-refractivity contribution >= 4 is 5.97 Å². The number of hydrogen-bond donors (Lipinski definition) is 1. The molecule has 0 aromatic carbocycles. The largest absolute Gasteiger partial charge is 0.468 e. The Hall–Kier alpha value is -0.610. The van der Waals surface area contributed by atoms with Gasteiger partial charge in [0.05, 0.1) is 7.11 Å². The lowest BCUT2D eigenvalue weighted by Gasteiger charge is -2.40. The molecule has 1 N–H and O–H groups in total. The van der Waals surface area contributed by atoms with Crippen LogP contribution >= 0.6 is 0 Å². The van der Waals surface area contributed by atoms with Crippen molar-refractivity contribution in [3.63, 3.8) is 0 Å². The second kappa shape index (κ2) is 7.10. The van der Waals surface area contributed by atoms with E-state index < -0.39 is 5.54 Å². The topological polar surface area (TPSA) is 41.6 Å². The van der Waals surface area contributed by atoms with Crippen LogP contribution in [0.15, 0.2) is 0 Å². The van der Waals surface area contributed by atoms with E-state index in [1.807, 2.05) is 0 Å². The zero-order chi connectivity index (χ0) is 13.6. The summed E-state index contributed by atoms with van der Waals surface area (Å²) in [5, 5.41) is 3.41. The average Bonchev–Trinajstić information content (AvgIpc) is 2.36. The van der Waals surface area contributed by atoms with Crippen LogP contribution in [0.25, 0.3) is 0 Å². The molecule has 4 nitrogen and oxygen atoms in total. The maximum absolute atomic E-state index is 12.0. The molecule has 0 amide bonds. The van der Waals surface area contributed by atoms with E-state index in [0.29, 0.717) is 5.92 Å². The molecule has 1 saturated heterocycles. The van der Waals surface area contributed by atoms with E-state index in [1.165, 1.54) is 7.11 Å². The summed E-state index contributed by atoms with van der Waals surface area (Å²) < 4.78 is 4.99. The number of rotatable bonds is 6. The average molecular weight is 256 g/mol. The summed E-state index contributed by atoms with van der Waals surface area (Å²) in [7, 11) is 1.48. The summed E-state index contributed by atoms with van der Waals surface area (Å²) in [4.78, 5) is 14.5. The maximum atomic E-state index is 12.0. The molecule has 0 unspecified atom stereocenters. The number of carbonyl (C=O) groups is 1. The highest BCUT2D eigenvalue weighted by molar-refractivity contribution is 5.81. The summed E-state index contributed by atoms with van der Waals surface area (Å²) in [6.07, 6.45) is 2.74. The first-order valence-corrected chi connectivity index (χ1v) is 7.10. The van der Waals surface area contributed by atoms with Gasteiger partial charge in [0.1, 0.15) is 5.54 Å². The number of nitrogens with one attached hydrogen (secondary N) is 1. The van der Waals surface area contributed by atoms with Crippen molar-refractivity contribution < 1.29 is 9.53 Å². The molecular formula is C14H28N2O2. The van der Waals surface area contributed by atoms with Gasteiger partial charge in [-0.05, 0) is 31.7 Å². The third-order valence-electron chi connectivity index (χ3n) is 3.62. The molecule has 0 saturated carbocycles. The Morgan fingerprint density at radius 1 is 1.39 bits per heavy atom. The van der Waals surface area contributed by atoms with Gasteiger partial charge in [-0.1, -0.05) is 20.8 Å². The molecule has 4 heteroatoms. The van der Waals surface area contributed by atoms with E-state index >= 15 is 0 Å². The standard InChI is InChI=1S/C14H28N2O2/c1-5-8-15-14(13(17)18-4)6-9-16(10-7-14)11-12(2)3/h12,15H,5-11H2,1-4H3. The predicted molar refractivity (Wildman–Crippen MR) is 73.6 cm³/mol. The lowest BCUT2D eigenvalue weighted by molar-refractivity contribution is -0.151. The fourth-order valence-electron chi connectivity index (χ4n) is 2.65. The number of carbonyl (C=O) groups excluding carboxylic acids is 1. The Balaban J connectivity index is 2.58. The van der Waals surface area contributed by atoms with Crippen molar-refractivity contribution in [2.45, 2.75) is 45.6 Å². The van der Waals surface area contributed by atoms with Gasteiger partial charge in [-0.25, -0.2) is 0 Å². The molecule has 0 aliphatic carbocycles. The van der Waals surface area contributed by atoms with Gasteiger partial charge < -0.3 is 15.0 Å². The monoisotopic (exact) mass is 256 g/mol. The zero-order valence-electron chi connectivity index (χ0n) is 12.3. The van der Waals surface area contributed by atoms with E-state index in [0.717, 1.165) is 45.4 Å². The third kappa shape index (κ3) is 3.95. The van der Waals surface area contributed by atoms with Gasteiger partial charge in [0.2, 0.25) is 0 Å². The minimum atomic E-state index is -0.446. The molecule has 1 aliphatic rings. The Morgan fingerprint density at radius 2 is 2.00 bits per heavy atom. The number of esters is 1. The molecule has 18 heavy (non-hydrogen) atoms. The normalized spacial score (nSPS) is 20.1. The molecule has 1 fully saturated rings. The van der Waals surface area contributed by atoms with E-state index in [2.05, 4.69) is 31.0 Å². The van der Waals surface area contributed by atoms with Crippen LogP contribution < -0.4 is 5.32 Å². The molecule has 0 aromatic rings. The molecule has 0 aromatic heterocycles. The molecular weight excluding hydrogens is 228 g/mol. The van der Waals surface area contributed by atoms with E-state index in [-0.39, 0.29) is 5.97 Å². The van der Waals surface area contributed by atoms with Gasteiger partial charge in [0.15, 0.2) is 0 Å². The maximum Gasteiger partial charge on any atom is 0.326 e. The summed E-state index contributed by atoms with van der Waals surface area (Å²) in [5.41, 5.74) is -0.446. The Labute approximate surface area is 111 Å². The van der Waals surface area contributed by atoms with E-state index in [9.17, 15) is 4.79 Å². The van der Waals surface area contributed by atoms with Crippen LogP contribution in [0, 0.1) is 5.92 Å². The number of piperidine rings is 1. The quantitative estimate of drug-likeness (QED) is 0.734. The molecule has 1 rings (SSSR count). The zero-order valence-corrected chi connectivity index (χ0v) is 12.3. The van der Waals surface area contributed by atoms with Gasteiger partial charge in [-0.2, -0.15) is 0 Å². The highest BCUT2D eigenvalue weighted by Gasteiger charge is 2.41. The van der Waals surface area contributed by atoms with Crippen molar-refractivity contribution in [2.24, 2.45) is 5.92 Å². The molecule has 1 aliphatic heterocycles. The minimum absolute atomic E-state index is 0.0971. The second-order valence-electron chi connectivity index (χ2n) is 5.69. The van der Waals surface area contributed by atoms with Crippen molar-refractivity contribution in [3.05, 3.63) is 0 Å². The van der Waals surface area contributed by atoms with Crippen molar-refractivity contribution in [1.29, 1.82) is 0 Å².